The monoisotopic (exact) mass is 430 g/mol. The minimum atomic E-state index is -3.56. The summed E-state index contributed by atoms with van der Waals surface area (Å²) in [7, 11) is -3.56. The molecular weight excluding hydrogens is 408 g/mol. The van der Waals surface area contributed by atoms with Crippen LogP contribution in [0.15, 0.2) is 33.6 Å². The fourth-order valence-electron chi connectivity index (χ4n) is 3.44. The highest BCUT2D eigenvalue weighted by atomic mass is 79.9. The molecular formula is C17H23BrN2O4S. The zero-order valence-corrected chi connectivity index (χ0v) is 17.0. The summed E-state index contributed by atoms with van der Waals surface area (Å²) in [5.41, 5.74) is -0.558. The molecule has 0 spiro atoms. The lowest BCUT2D eigenvalue weighted by Crippen LogP contribution is -2.41. The molecule has 25 heavy (non-hydrogen) atoms. The van der Waals surface area contributed by atoms with Crippen molar-refractivity contribution in [3.8, 4) is 0 Å². The van der Waals surface area contributed by atoms with Gasteiger partial charge in [0.1, 0.15) is 5.60 Å². The van der Waals surface area contributed by atoms with Crippen LogP contribution in [0.4, 0.5) is 4.79 Å². The maximum absolute atomic E-state index is 13.0. The van der Waals surface area contributed by atoms with Gasteiger partial charge in [-0.2, -0.15) is 4.31 Å². The topological polar surface area (TPSA) is 66.9 Å². The number of hydrogen-bond acceptors (Lipinski definition) is 4. The molecule has 1 aromatic carbocycles. The zero-order chi connectivity index (χ0) is 18.4. The Morgan fingerprint density at radius 2 is 1.84 bits per heavy atom. The zero-order valence-electron chi connectivity index (χ0n) is 14.6. The average Bonchev–Trinajstić information content (AvgIpc) is 3.05. The first-order valence-electron chi connectivity index (χ1n) is 8.33. The molecule has 138 valence electrons. The molecule has 6 nitrogen and oxygen atoms in total. The highest BCUT2D eigenvalue weighted by molar-refractivity contribution is 9.10. The number of likely N-dealkylation sites (tertiary alicyclic amines) is 1. The number of amides is 1. The number of halogens is 1. The Bertz CT molecular complexity index is 758. The molecule has 2 fully saturated rings. The van der Waals surface area contributed by atoms with Gasteiger partial charge in [0.2, 0.25) is 10.0 Å². The summed E-state index contributed by atoms with van der Waals surface area (Å²) in [5, 5.41) is 0. The van der Waals surface area contributed by atoms with E-state index in [-0.39, 0.29) is 22.9 Å². The molecule has 0 aromatic heterocycles. The molecule has 2 aliphatic heterocycles. The van der Waals surface area contributed by atoms with Gasteiger partial charge in [0.05, 0.1) is 4.90 Å². The van der Waals surface area contributed by atoms with E-state index in [0.717, 1.165) is 10.9 Å². The maximum Gasteiger partial charge on any atom is 0.410 e. The SMILES string of the molecule is CC(C)(C)OC(=O)N1CC2CCN(S(=O)(=O)c3ccc(Br)cc3)C2C1. The lowest BCUT2D eigenvalue weighted by molar-refractivity contribution is 0.0278. The van der Waals surface area contributed by atoms with Crippen molar-refractivity contribution in [3.63, 3.8) is 0 Å². The molecule has 0 radical (unpaired) electrons. The molecule has 0 aliphatic carbocycles. The Hall–Kier alpha value is -1.12. The number of ether oxygens (including phenoxy) is 1. The van der Waals surface area contributed by atoms with Crippen LogP contribution >= 0.6 is 15.9 Å². The largest absolute Gasteiger partial charge is 0.444 e. The first-order chi connectivity index (χ1) is 11.6. The predicted molar refractivity (Wildman–Crippen MR) is 97.7 cm³/mol. The first kappa shape index (κ1) is 18.7. The molecule has 1 aromatic rings. The molecule has 0 N–H and O–H groups in total. The van der Waals surface area contributed by atoms with Crippen LogP contribution in [0.5, 0.6) is 0 Å². The fourth-order valence-corrected chi connectivity index (χ4v) is 5.40. The molecule has 2 saturated heterocycles. The molecule has 2 unspecified atom stereocenters. The van der Waals surface area contributed by atoms with Gasteiger partial charge < -0.3 is 9.64 Å². The van der Waals surface area contributed by atoms with Crippen molar-refractivity contribution in [3.05, 3.63) is 28.7 Å². The number of benzene rings is 1. The van der Waals surface area contributed by atoms with Crippen molar-refractivity contribution in [1.82, 2.24) is 9.21 Å². The van der Waals surface area contributed by atoms with Crippen LogP contribution in [0.2, 0.25) is 0 Å². The summed E-state index contributed by atoms with van der Waals surface area (Å²) in [6, 6.07) is 6.48. The van der Waals surface area contributed by atoms with Crippen LogP contribution in [-0.2, 0) is 14.8 Å². The third-order valence-electron chi connectivity index (χ3n) is 4.57. The van der Waals surface area contributed by atoms with Crippen molar-refractivity contribution >= 4 is 32.0 Å². The lowest BCUT2D eigenvalue weighted by Gasteiger charge is -2.26. The van der Waals surface area contributed by atoms with Gasteiger partial charge in [-0.05, 0) is 57.4 Å². The molecule has 2 aliphatic rings. The fraction of sp³-hybridized carbons (Fsp3) is 0.588. The Kier molecular flexibility index (Phi) is 4.89. The van der Waals surface area contributed by atoms with Crippen molar-refractivity contribution in [2.45, 2.75) is 43.7 Å². The number of carbonyl (C=O) groups excluding carboxylic acids is 1. The third-order valence-corrected chi connectivity index (χ3v) is 7.04. The molecule has 0 saturated carbocycles. The summed E-state index contributed by atoms with van der Waals surface area (Å²) in [6.07, 6.45) is 0.391. The first-order valence-corrected chi connectivity index (χ1v) is 10.6. The second-order valence-electron chi connectivity index (χ2n) is 7.57. The van der Waals surface area contributed by atoms with E-state index in [0.29, 0.717) is 19.6 Å². The number of fused-ring (bicyclic) bond motifs is 1. The van der Waals surface area contributed by atoms with E-state index >= 15 is 0 Å². The van der Waals surface area contributed by atoms with E-state index in [1.807, 2.05) is 20.8 Å². The quantitative estimate of drug-likeness (QED) is 0.722. The Morgan fingerprint density at radius 3 is 2.44 bits per heavy atom. The Labute approximate surface area is 157 Å². The van der Waals surface area contributed by atoms with E-state index in [1.54, 1.807) is 33.5 Å². The van der Waals surface area contributed by atoms with Gasteiger partial charge in [-0.15, -0.1) is 0 Å². The number of rotatable bonds is 2. The van der Waals surface area contributed by atoms with Crippen molar-refractivity contribution in [2.24, 2.45) is 5.92 Å². The number of sulfonamides is 1. The van der Waals surface area contributed by atoms with E-state index in [1.165, 1.54) is 0 Å². The molecule has 2 atom stereocenters. The second kappa shape index (κ2) is 6.55. The Morgan fingerprint density at radius 1 is 1.20 bits per heavy atom. The van der Waals surface area contributed by atoms with Gasteiger partial charge in [-0.1, -0.05) is 15.9 Å². The standard InChI is InChI=1S/C17H23BrN2O4S/c1-17(2,3)24-16(21)19-10-12-8-9-20(15(12)11-19)25(22,23)14-6-4-13(18)5-7-14/h4-7,12,15H,8-11H2,1-3H3. The average molecular weight is 431 g/mol. The van der Waals surface area contributed by atoms with Crippen LogP contribution in [0, 0.1) is 5.92 Å². The van der Waals surface area contributed by atoms with Gasteiger partial charge in [-0.25, -0.2) is 13.2 Å². The summed E-state index contributed by atoms with van der Waals surface area (Å²) in [6.45, 7) is 6.90. The van der Waals surface area contributed by atoms with E-state index in [9.17, 15) is 13.2 Å². The second-order valence-corrected chi connectivity index (χ2v) is 10.4. The van der Waals surface area contributed by atoms with Gasteiger partial charge >= 0.3 is 6.09 Å². The number of carbonyl (C=O) groups is 1. The summed E-state index contributed by atoms with van der Waals surface area (Å²) in [5.74, 6) is 0.165. The Balaban J connectivity index is 1.76. The molecule has 2 heterocycles. The normalized spacial score (nSPS) is 24.4. The third kappa shape index (κ3) is 3.85. The minimum Gasteiger partial charge on any atom is -0.444 e. The van der Waals surface area contributed by atoms with Crippen LogP contribution < -0.4 is 0 Å². The highest BCUT2D eigenvalue weighted by Gasteiger charge is 2.48. The van der Waals surface area contributed by atoms with Gasteiger partial charge in [0, 0.05) is 30.1 Å². The van der Waals surface area contributed by atoms with Gasteiger partial charge in [0.15, 0.2) is 0 Å². The molecule has 8 heteroatoms. The van der Waals surface area contributed by atoms with Crippen molar-refractivity contribution in [1.29, 1.82) is 0 Å². The summed E-state index contributed by atoms with van der Waals surface area (Å²) in [4.78, 5) is 14.2. The van der Waals surface area contributed by atoms with E-state index in [4.69, 9.17) is 4.74 Å². The predicted octanol–water partition coefficient (Wildman–Crippen LogP) is 3.08. The van der Waals surface area contributed by atoms with Crippen molar-refractivity contribution < 1.29 is 17.9 Å². The highest BCUT2D eigenvalue weighted by Crippen LogP contribution is 2.36. The molecule has 0 bridgehead atoms. The maximum atomic E-state index is 13.0. The minimum absolute atomic E-state index is 0.165. The van der Waals surface area contributed by atoms with Crippen LogP contribution in [0.25, 0.3) is 0 Å². The van der Waals surface area contributed by atoms with E-state index in [2.05, 4.69) is 15.9 Å². The van der Waals surface area contributed by atoms with Crippen molar-refractivity contribution in [2.75, 3.05) is 19.6 Å². The van der Waals surface area contributed by atoms with Gasteiger partial charge in [0.25, 0.3) is 0 Å². The van der Waals surface area contributed by atoms with Crippen LogP contribution in [0.3, 0.4) is 0 Å². The summed E-state index contributed by atoms with van der Waals surface area (Å²) >= 11 is 3.32. The lowest BCUT2D eigenvalue weighted by atomic mass is 10.1. The number of nitrogens with zero attached hydrogens (tertiary/aromatic N) is 2. The van der Waals surface area contributed by atoms with Crippen LogP contribution in [0.1, 0.15) is 27.2 Å². The van der Waals surface area contributed by atoms with E-state index < -0.39 is 15.6 Å². The summed E-state index contributed by atoms with van der Waals surface area (Å²) < 4.78 is 33.7. The molecule has 1 amide bonds. The molecule has 3 rings (SSSR count). The van der Waals surface area contributed by atoms with Crippen LogP contribution in [-0.4, -0.2) is 55.0 Å². The smallest absolute Gasteiger partial charge is 0.410 e. The number of hydrogen-bond donors (Lipinski definition) is 0. The van der Waals surface area contributed by atoms with Gasteiger partial charge in [-0.3, -0.25) is 0 Å².